The van der Waals surface area contributed by atoms with E-state index in [1.165, 1.54) is 19.4 Å². The lowest BCUT2D eigenvalue weighted by atomic mass is 10.0. The molecule has 202 valence electrons. The molecule has 0 spiro atoms. The van der Waals surface area contributed by atoms with Crippen molar-refractivity contribution in [3.05, 3.63) is 102 Å². The van der Waals surface area contributed by atoms with Crippen molar-refractivity contribution < 1.29 is 26.7 Å². The number of hydrogen-bond donors (Lipinski definition) is 3. The molecular weight excluding hydrogens is 540 g/mol. The fourth-order valence-corrected chi connectivity index (χ4v) is 5.12. The Kier molecular flexibility index (Phi) is 7.01. The van der Waals surface area contributed by atoms with Crippen molar-refractivity contribution in [2.75, 3.05) is 22.9 Å². The number of para-hydroxylation sites is 1. The molecule has 5 aromatic rings. The van der Waals surface area contributed by atoms with E-state index >= 15 is 0 Å². The third-order valence-corrected chi connectivity index (χ3v) is 7.32. The van der Waals surface area contributed by atoms with Gasteiger partial charge in [-0.1, -0.05) is 24.3 Å². The van der Waals surface area contributed by atoms with E-state index < -0.39 is 32.5 Å². The Morgan fingerprint density at radius 2 is 1.73 bits per heavy atom. The number of anilines is 3. The van der Waals surface area contributed by atoms with Crippen LogP contribution in [0, 0.1) is 11.6 Å². The summed E-state index contributed by atoms with van der Waals surface area (Å²) in [4.78, 5) is 20.6. The van der Waals surface area contributed by atoms with Gasteiger partial charge in [0.15, 0.2) is 0 Å². The predicted octanol–water partition coefficient (Wildman–Crippen LogP) is 5.22. The molecule has 0 aliphatic carbocycles. The van der Waals surface area contributed by atoms with E-state index in [0.29, 0.717) is 33.8 Å². The van der Waals surface area contributed by atoms with E-state index in [2.05, 4.69) is 20.0 Å². The zero-order valence-electron chi connectivity index (χ0n) is 20.9. The number of carbonyl (C=O) groups excluding carboxylic acids is 1. The Bertz CT molecular complexity index is 1870. The monoisotopic (exact) mass is 561 g/mol. The number of methoxy groups -OCH3 is 1. The van der Waals surface area contributed by atoms with Crippen LogP contribution >= 0.6 is 0 Å². The second kappa shape index (κ2) is 10.6. The minimum absolute atomic E-state index is 0.0597. The minimum Gasteiger partial charge on any atom is -0.480 e. The molecule has 0 bridgehead atoms. The number of sulfonamides is 1. The number of nitrogens with zero attached hydrogens (tertiary/aromatic N) is 2. The van der Waals surface area contributed by atoms with E-state index in [-0.39, 0.29) is 22.9 Å². The van der Waals surface area contributed by atoms with E-state index in [1.54, 1.807) is 48.5 Å². The lowest BCUT2D eigenvalue weighted by Gasteiger charge is -2.14. The van der Waals surface area contributed by atoms with Gasteiger partial charge >= 0.3 is 0 Å². The highest BCUT2D eigenvalue weighted by molar-refractivity contribution is 7.92. The quantitative estimate of drug-likeness (QED) is 0.248. The molecule has 0 aliphatic heterocycles. The molecule has 0 aliphatic rings. The third kappa shape index (κ3) is 5.38. The highest BCUT2D eigenvalue weighted by atomic mass is 32.2. The van der Waals surface area contributed by atoms with Crippen molar-refractivity contribution >= 4 is 44.0 Å². The first-order valence-corrected chi connectivity index (χ1v) is 13.2. The second-order valence-electron chi connectivity index (χ2n) is 8.61. The fraction of sp³-hybridized carbons (Fsp3) is 0.0357. The summed E-state index contributed by atoms with van der Waals surface area (Å²) >= 11 is 0. The zero-order chi connectivity index (χ0) is 28.4. The van der Waals surface area contributed by atoms with Crippen LogP contribution in [-0.4, -0.2) is 31.4 Å². The van der Waals surface area contributed by atoms with Crippen LogP contribution in [0.1, 0.15) is 10.4 Å². The van der Waals surface area contributed by atoms with Gasteiger partial charge in [0.2, 0.25) is 5.88 Å². The molecule has 2 heterocycles. The summed E-state index contributed by atoms with van der Waals surface area (Å²) < 4.78 is 60.7. The summed E-state index contributed by atoms with van der Waals surface area (Å²) in [5.41, 5.74) is 8.39. The molecule has 0 unspecified atom stereocenters. The number of rotatable bonds is 7. The van der Waals surface area contributed by atoms with Gasteiger partial charge in [-0.05, 0) is 54.1 Å². The van der Waals surface area contributed by atoms with Crippen molar-refractivity contribution in [1.29, 1.82) is 0 Å². The molecular formula is C28H21F2N5O4S. The van der Waals surface area contributed by atoms with Gasteiger partial charge in [-0.15, -0.1) is 0 Å². The van der Waals surface area contributed by atoms with E-state index in [4.69, 9.17) is 10.5 Å². The van der Waals surface area contributed by atoms with Crippen LogP contribution in [0.25, 0.3) is 22.0 Å². The standard InChI is InChI=1S/C28H21F2N5O4S/c1-39-28-24(35-40(37,38)25-10-8-19(29)14-22(25)30)13-18(15-32-28)16-7-9-23-17(11-16)12-21(26(31)34-23)27(36)33-20-5-3-2-4-6-20/h2-15,35H,1H3,(H2,31,34)(H,33,36). The number of fused-ring (bicyclic) bond motifs is 1. The zero-order valence-corrected chi connectivity index (χ0v) is 21.7. The number of carbonyl (C=O) groups is 1. The number of nitrogen functional groups attached to an aromatic ring is 1. The molecule has 4 N–H and O–H groups in total. The van der Waals surface area contributed by atoms with Crippen LogP contribution in [0.5, 0.6) is 5.88 Å². The van der Waals surface area contributed by atoms with Gasteiger partial charge in [0.05, 0.1) is 18.2 Å². The maximum atomic E-state index is 14.2. The maximum Gasteiger partial charge on any atom is 0.264 e. The number of halogens is 2. The first-order valence-electron chi connectivity index (χ1n) is 11.7. The Labute approximate surface area is 227 Å². The van der Waals surface area contributed by atoms with Crippen molar-refractivity contribution in [3.8, 4) is 17.0 Å². The normalized spacial score (nSPS) is 11.3. The number of nitrogens with two attached hydrogens (primary N) is 1. The lowest BCUT2D eigenvalue weighted by Crippen LogP contribution is -2.16. The van der Waals surface area contributed by atoms with Crippen LogP contribution < -0.4 is 20.5 Å². The average Bonchev–Trinajstić information content (AvgIpc) is 2.92. The molecule has 12 heteroatoms. The first-order chi connectivity index (χ1) is 19.1. The smallest absolute Gasteiger partial charge is 0.264 e. The SMILES string of the molecule is COc1ncc(-c2ccc3nc(N)c(C(=O)Nc4ccccc4)cc3c2)cc1NS(=O)(=O)c1ccc(F)cc1F. The summed E-state index contributed by atoms with van der Waals surface area (Å²) in [6.45, 7) is 0. The number of hydrogen-bond acceptors (Lipinski definition) is 7. The van der Waals surface area contributed by atoms with E-state index in [9.17, 15) is 22.0 Å². The second-order valence-corrected chi connectivity index (χ2v) is 10.3. The van der Waals surface area contributed by atoms with Gasteiger partial charge in [-0.2, -0.15) is 0 Å². The molecule has 1 amide bonds. The molecule has 3 aromatic carbocycles. The molecule has 0 radical (unpaired) electrons. The molecule has 5 rings (SSSR count). The van der Waals surface area contributed by atoms with E-state index in [0.717, 1.165) is 12.1 Å². The highest BCUT2D eigenvalue weighted by Gasteiger charge is 2.22. The molecule has 0 atom stereocenters. The number of ether oxygens (including phenoxy) is 1. The molecule has 9 nitrogen and oxygen atoms in total. The van der Waals surface area contributed by atoms with Crippen LogP contribution in [-0.2, 0) is 10.0 Å². The van der Waals surface area contributed by atoms with Crippen molar-refractivity contribution in [1.82, 2.24) is 9.97 Å². The van der Waals surface area contributed by atoms with Gasteiger partial charge < -0.3 is 15.8 Å². The maximum absolute atomic E-state index is 14.2. The fourth-order valence-electron chi connectivity index (χ4n) is 4.01. The molecule has 0 saturated heterocycles. The van der Waals surface area contributed by atoms with Gasteiger partial charge in [-0.25, -0.2) is 27.2 Å². The van der Waals surface area contributed by atoms with Gasteiger partial charge in [0.1, 0.15) is 28.0 Å². The predicted molar refractivity (Wildman–Crippen MR) is 148 cm³/mol. The Hall–Kier alpha value is -5.10. The van der Waals surface area contributed by atoms with Crippen LogP contribution in [0.2, 0.25) is 0 Å². The summed E-state index contributed by atoms with van der Waals surface area (Å²) in [5.74, 6) is -2.59. The number of nitrogens with one attached hydrogen (secondary N) is 2. The van der Waals surface area contributed by atoms with Crippen LogP contribution in [0.3, 0.4) is 0 Å². The highest BCUT2D eigenvalue weighted by Crippen LogP contribution is 2.32. The third-order valence-electron chi connectivity index (χ3n) is 5.93. The summed E-state index contributed by atoms with van der Waals surface area (Å²) in [6, 6.07) is 19.3. The first kappa shape index (κ1) is 26.5. The van der Waals surface area contributed by atoms with Gasteiger partial charge in [0.25, 0.3) is 15.9 Å². The molecule has 2 aromatic heterocycles. The van der Waals surface area contributed by atoms with Gasteiger partial charge in [0, 0.05) is 28.9 Å². The summed E-state index contributed by atoms with van der Waals surface area (Å²) in [7, 11) is -3.15. The Balaban J connectivity index is 1.50. The molecule has 0 saturated carbocycles. The largest absolute Gasteiger partial charge is 0.480 e. The van der Waals surface area contributed by atoms with Crippen LogP contribution in [0.15, 0.2) is 90.0 Å². The average molecular weight is 562 g/mol. The number of benzene rings is 3. The Morgan fingerprint density at radius 1 is 0.950 bits per heavy atom. The molecule has 0 fully saturated rings. The van der Waals surface area contributed by atoms with E-state index in [1.807, 2.05) is 6.07 Å². The minimum atomic E-state index is -4.45. The number of aromatic nitrogens is 2. The topological polar surface area (TPSA) is 136 Å². The van der Waals surface area contributed by atoms with Crippen molar-refractivity contribution in [3.63, 3.8) is 0 Å². The lowest BCUT2D eigenvalue weighted by molar-refractivity contribution is 0.102. The number of pyridine rings is 2. The van der Waals surface area contributed by atoms with Gasteiger partial charge in [-0.3, -0.25) is 9.52 Å². The van der Waals surface area contributed by atoms with Crippen molar-refractivity contribution in [2.45, 2.75) is 4.90 Å². The Morgan fingerprint density at radius 3 is 2.45 bits per heavy atom. The summed E-state index contributed by atoms with van der Waals surface area (Å²) in [5, 5.41) is 3.37. The molecule has 40 heavy (non-hydrogen) atoms. The van der Waals surface area contributed by atoms with Crippen molar-refractivity contribution in [2.24, 2.45) is 0 Å². The van der Waals surface area contributed by atoms with Crippen LogP contribution in [0.4, 0.5) is 26.0 Å². The summed E-state index contributed by atoms with van der Waals surface area (Å²) in [6.07, 6.45) is 1.46. The number of amides is 1.